The molecule has 1 unspecified atom stereocenters. The van der Waals surface area contributed by atoms with Crippen LogP contribution in [0.25, 0.3) is 11.3 Å². The number of hydrogen-bond acceptors (Lipinski definition) is 6. The molecule has 2 N–H and O–H groups in total. The zero-order valence-electron chi connectivity index (χ0n) is 22.7. The van der Waals surface area contributed by atoms with Crippen molar-refractivity contribution < 1.29 is 36.9 Å². The van der Waals surface area contributed by atoms with Gasteiger partial charge in [0, 0.05) is 29.5 Å². The van der Waals surface area contributed by atoms with Crippen LogP contribution in [0.4, 0.5) is 23.2 Å². The summed E-state index contributed by atoms with van der Waals surface area (Å²) in [6.07, 6.45) is -4.84. The molecule has 2 aromatic carbocycles. The third kappa shape index (κ3) is 5.59. The lowest BCUT2D eigenvalue weighted by molar-refractivity contribution is -0.270. The minimum absolute atomic E-state index is 0.0862. The molecule has 1 fully saturated rings. The van der Waals surface area contributed by atoms with Gasteiger partial charge in [0.2, 0.25) is 5.60 Å². The minimum Gasteiger partial charge on any atom is -0.493 e. The lowest BCUT2D eigenvalue weighted by Crippen LogP contribution is -2.43. The number of alkyl halides is 3. The molecule has 1 atom stereocenters. The Morgan fingerprint density at radius 2 is 1.88 bits per heavy atom. The van der Waals surface area contributed by atoms with Crippen LogP contribution in [0, 0.1) is 5.82 Å². The number of nitrogens with one attached hydrogen (secondary N) is 1. The maximum atomic E-state index is 14.6. The molecule has 2 heterocycles. The van der Waals surface area contributed by atoms with E-state index in [0.29, 0.717) is 29.3 Å². The van der Waals surface area contributed by atoms with Gasteiger partial charge in [0.25, 0.3) is 0 Å². The fourth-order valence-electron chi connectivity index (χ4n) is 4.88. The number of carbonyl (C=O) groups excluding carboxylic acids is 1. The van der Waals surface area contributed by atoms with Crippen molar-refractivity contribution in [2.75, 3.05) is 19.0 Å². The SMILES string of the molecule is COc1cc(C(=O)CCC(O)(c2cc3c(c(-c4ccc(F)c(Cl)c4)n2)NCC3(C)C)C(F)(F)F)ccc1OC1CC1. The van der Waals surface area contributed by atoms with Gasteiger partial charge in [0.15, 0.2) is 17.3 Å². The highest BCUT2D eigenvalue weighted by Gasteiger charge is 2.56. The molecule has 5 rings (SSSR count). The number of aliphatic hydroxyl groups is 1. The predicted molar refractivity (Wildman–Crippen MR) is 146 cm³/mol. The number of ketones is 1. The van der Waals surface area contributed by atoms with Crippen LogP contribution < -0.4 is 14.8 Å². The molecular weight excluding hydrogens is 564 g/mol. The van der Waals surface area contributed by atoms with E-state index >= 15 is 0 Å². The largest absolute Gasteiger partial charge is 0.493 e. The van der Waals surface area contributed by atoms with Crippen molar-refractivity contribution in [2.45, 2.75) is 62.8 Å². The highest BCUT2D eigenvalue weighted by Crippen LogP contribution is 2.48. The van der Waals surface area contributed by atoms with Crippen LogP contribution in [0.1, 0.15) is 61.1 Å². The van der Waals surface area contributed by atoms with Gasteiger partial charge in [-0.25, -0.2) is 9.37 Å². The third-order valence-electron chi connectivity index (χ3n) is 7.56. The molecule has 1 aromatic heterocycles. The molecular formula is C30H29ClF4N2O4. The Kier molecular flexibility index (Phi) is 7.44. The van der Waals surface area contributed by atoms with Crippen molar-refractivity contribution in [1.82, 2.24) is 4.98 Å². The molecule has 0 saturated heterocycles. The zero-order valence-corrected chi connectivity index (χ0v) is 23.4. The van der Waals surface area contributed by atoms with E-state index in [1.165, 1.54) is 37.4 Å². The zero-order chi connectivity index (χ0) is 29.7. The normalized spacial score (nSPS) is 17.4. The van der Waals surface area contributed by atoms with Crippen molar-refractivity contribution in [1.29, 1.82) is 0 Å². The minimum atomic E-state index is -5.16. The molecule has 0 bridgehead atoms. The summed E-state index contributed by atoms with van der Waals surface area (Å²) in [5.41, 5.74) is -3.23. The predicted octanol–water partition coefficient (Wildman–Crippen LogP) is 7.21. The van der Waals surface area contributed by atoms with Crippen molar-refractivity contribution in [2.24, 2.45) is 0 Å². The number of aromatic nitrogens is 1. The molecule has 1 saturated carbocycles. The van der Waals surface area contributed by atoms with Gasteiger partial charge in [0.05, 0.1) is 35.3 Å². The van der Waals surface area contributed by atoms with Gasteiger partial charge in [-0.2, -0.15) is 13.2 Å². The van der Waals surface area contributed by atoms with Crippen LogP contribution in [-0.2, 0) is 11.0 Å². The van der Waals surface area contributed by atoms with Gasteiger partial charge in [-0.15, -0.1) is 0 Å². The lowest BCUT2D eigenvalue weighted by atomic mass is 9.83. The number of anilines is 1. The maximum Gasteiger partial charge on any atom is 0.422 e. The smallest absolute Gasteiger partial charge is 0.422 e. The second-order valence-corrected chi connectivity index (χ2v) is 11.5. The van der Waals surface area contributed by atoms with Gasteiger partial charge in [-0.05, 0) is 67.3 Å². The number of nitrogens with zero attached hydrogens (tertiary/aromatic N) is 1. The van der Waals surface area contributed by atoms with Crippen LogP contribution in [-0.4, -0.2) is 41.8 Å². The fraction of sp³-hybridized carbons (Fsp3) is 0.400. The second kappa shape index (κ2) is 10.5. The summed E-state index contributed by atoms with van der Waals surface area (Å²) in [5, 5.41) is 14.2. The Morgan fingerprint density at radius 3 is 2.51 bits per heavy atom. The number of pyridine rings is 1. The van der Waals surface area contributed by atoms with Crippen molar-refractivity contribution in [3.63, 3.8) is 0 Å². The number of methoxy groups -OCH3 is 1. The Labute approximate surface area is 239 Å². The van der Waals surface area contributed by atoms with E-state index in [4.69, 9.17) is 21.1 Å². The monoisotopic (exact) mass is 592 g/mol. The molecule has 1 aliphatic heterocycles. The summed E-state index contributed by atoms with van der Waals surface area (Å²) in [5.74, 6) is -0.556. The number of Topliss-reactive ketones (excluding diaryl/α,β-unsaturated/α-hetero) is 1. The number of hydrogen-bond donors (Lipinski definition) is 2. The van der Waals surface area contributed by atoms with Gasteiger partial charge in [0.1, 0.15) is 5.82 Å². The van der Waals surface area contributed by atoms with Gasteiger partial charge >= 0.3 is 6.18 Å². The van der Waals surface area contributed by atoms with Gasteiger partial charge in [-0.3, -0.25) is 4.79 Å². The number of benzene rings is 2. The molecule has 0 amide bonds. The lowest BCUT2D eigenvalue weighted by Gasteiger charge is -2.31. The van der Waals surface area contributed by atoms with E-state index in [-0.39, 0.29) is 27.9 Å². The molecule has 2 aliphatic rings. The number of fused-ring (bicyclic) bond motifs is 1. The van der Waals surface area contributed by atoms with Gasteiger partial charge in [-0.1, -0.05) is 25.4 Å². The average Bonchev–Trinajstić information content (AvgIpc) is 3.69. The molecule has 3 aromatic rings. The molecule has 6 nitrogen and oxygen atoms in total. The highest BCUT2D eigenvalue weighted by molar-refractivity contribution is 6.31. The van der Waals surface area contributed by atoms with Crippen molar-refractivity contribution in [3.8, 4) is 22.8 Å². The van der Waals surface area contributed by atoms with Crippen LogP contribution in [0.5, 0.6) is 11.5 Å². The van der Waals surface area contributed by atoms with Crippen LogP contribution >= 0.6 is 11.6 Å². The van der Waals surface area contributed by atoms with Crippen LogP contribution in [0.2, 0.25) is 5.02 Å². The quantitative estimate of drug-likeness (QED) is 0.202. The second-order valence-electron chi connectivity index (χ2n) is 11.1. The van der Waals surface area contributed by atoms with E-state index < -0.39 is 47.3 Å². The summed E-state index contributed by atoms with van der Waals surface area (Å²) >= 11 is 5.97. The number of rotatable bonds is 9. The molecule has 218 valence electrons. The summed E-state index contributed by atoms with van der Waals surface area (Å²) in [6.45, 7) is 4.09. The van der Waals surface area contributed by atoms with E-state index in [2.05, 4.69) is 10.3 Å². The van der Waals surface area contributed by atoms with Gasteiger partial charge < -0.3 is 19.9 Å². The molecule has 0 radical (unpaired) electrons. The highest BCUT2D eigenvalue weighted by atomic mass is 35.5. The third-order valence-corrected chi connectivity index (χ3v) is 7.85. The first kappa shape index (κ1) is 29.1. The first-order valence-corrected chi connectivity index (χ1v) is 13.5. The summed E-state index contributed by atoms with van der Waals surface area (Å²) < 4.78 is 68.8. The van der Waals surface area contributed by atoms with Crippen molar-refractivity contribution >= 4 is 23.1 Å². The average molecular weight is 593 g/mol. The Bertz CT molecular complexity index is 1510. The number of carbonyl (C=O) groups is 1. The van der Waals surface area contributed by atoms with E-state index in [9.17, 15) is 27.5 Å². The molecule has 1 aliphatic carbocycles. The van der Waals surface area contributed by atoms with E-state index in [1.807, 2.05) is 13.8 Å². The van der Waals surface area contributed by atoms with Crippen molar-refractivity contribution in [3.05, 3.63) is 70.1 Å². The fourth-order valence-corrected chi connectivity index (χ4v) is 5.06. The Balaban J connectivity index is 1.51. The number of halogens is 5. The Morgan fingerprint density at radius 1 is 1.15 bits per heavy atom. The summed E-state index contributed by atoms with van der Waals surface area (Å²) in [4.78, 5) is 17.3. The summed E-state index contributed by atoms with van der Waals surface area (Å²) in [7, 11) is 1.41. The molecule has 41 heavy (non-hydrogen) atoms. The van der Waals surface area contributed by atoms with Crippen LogP contribution in [0.15, 0.2) is 42.5 Å². The summed E-state index contributed by atoms with van der Waals surface area (Å²) in [6, 6.07) is 9.41. The maximum absolute atomic E-state index is 14.6. The molecule has 11 heteroatoms. The van der Waals surface area contributed by atoms with Crippen LogP contribution in [0.3, 0.4) is 0 Å². The first-order valence-electron chi connectivity index (χ1n) is 13.2. The molecule has 0 spiro atoms. The topological polar surface area (TPSA) is 80.7 Å². The first-order chi connectivity index (χ1) is 19.2. The number of ether oxygens (including phenoxy) is 2. The Hall–Kier alpha value is -3.37. The standard InChI is InChI=1S/C30H29ClF4N2O4/c1-28(2)15-36-27-19(28)14-25(37-26(27)17-4-8-21(32)20(31)12-17)29(39,30(33,34)35)11-10-22(38)16-5-9-23(24(13-16)40-3)41-18-6-7-18/h4-5,8-9,12-14,18,36,39H,6-7,10-11,15H2,1-3H3. The van der Waals surface area contributed by atoms with E-state index in [1.54, 1.807) is 6.07 Å². The van der Waals surface area contributed by atoms with E-state index in [0.717, 1.165) is 18.9 Å².